The molecule has 0 radical (unpaired) electrons. The Labute approximate surface area is 191 Å². The number of methoxy groups -OCH3 is 1. The minimum atomic E-state index is -0.658. The number of rotatable bonds is 5. The van der Waals surface area contributed by atoms with Gasteiger partial charge in [-0.3, -0.25) is 14.2 Å². The lowest BCUT2D eigenvalue weighted by Crippen LogP contribution is -2.34. The lowest BCUT2D eigenvalue weighted by Gasteiger charge is -2.19. The number of fused-ring (bicyclic) bond motifs is 1. The second kappa shape index (κ2) is 8.74. The zero-order valence-electron chi connectivity index (χ0n) is 18.7. The van der Waals surface area contributed by atoms with Gasteiger partial charge in [-0.2, -0.15) is 0 Å². The van der Waals surface area contributed by atoms with Crippen molar-refractivity contribution in [2.24, 2.45) is 0 Å². The fraction of sp³-hybridized carbons (Fsp3) is 0.280. The van der Waals surface area contributed by atoms with Crippen molar-refractivity contribution in [2.45, 2.75) is 38.3 Å². The zero-order valence-corrected chi connectivity index (χ0v) is 19.5. The van der Waals surface area contributed by atoms with Gasteiger partial charge in [0.05, 0.1) is 7.11 Å². The summed E-state index contributed by atoms with van der Waals surface area (Å²) in [4.78, 5) is 26.3. The number of carbonyl (C=O) groups excluding carboxylic acids is 1. The van der Waals surface area contributed by atoms with Crippen LogP contribution >= 0.6 is 11.8 Å². The Morgan fingerprint density at radius 1 is 1.19 bits per heavy atom. The van der Waals surface area contributed by atoms with Crippen LogP contribution in [0.4, 0.5) is 11.4 Å². The predicted octanol–water partition coefficient (Wildman–Crippen LogP) is 4.24. The van der Waals surface area contributed by atoms with Crippen LogP contribution in [0.2, 0.25) is 0 Å². The van der Waals surface area contributed by atoms with Crippen LogP contribution in [0.1, 0.15) is 33.9 Å². The van der Waals surface area contributed by atoms with Crippen molar-refractivity contribution < 1.29 is 9.53 Å². The van der Waals surface area contributed by atoms with E-state index in [1.807, 2.05) is 43.3 Å². The summed E-state index contributed by atoms with van der Waals surface area (Å²) in [5.41, 5.74) is 12.0. The molecule has 0 aliphatic carbocycles. The Hall–Kier alpha value is -3.19. The molecule has 1 aromatic heterocycles. The zero-order chi connectivity index (χ0) is 23.0. The maximum absolute atomic E-state index is 13.3. The molecule has 2 heterocycles. The van der Waals surface area contributed by atoms with Crippen LogP contribution in [0.25, 0.3) is 0 Å². The van der Waals surface area contributed by atoms with E-state index in [2.05, 4.69) is 25.2 Å². The van der Waals surface area contributed by atoms with E-state index >= 15 is 0 Å². The number of benzene rings is 2. The summed E-state index contributed by atoms with van der Waals surface area (Å²) < 4.78 is 7.21. The van der Waals surface area contributed by atoms with Crippen LogP contribution in [0.5, 0.6) is 5.75 Å². The van der Waals surface area contributed by atoms with Gasteiger partial charge in [0.25, 0.3) is 5.56 Å². The SMILES string of the molecule is COc1c(Cc2cccc(C)c2C)c(N)c(=O)n2c1SC[C@H]2C(=O)Nc1ccc(C)cc1. The number of nitrogens with one attached hydrogen (secondary N) is 1. The van der Waals surface area contributed by atoms with Gasteiger partial charge in [0, 0.05) is 23.4 Å². The van der Waals surface area contributed by atoms with Crippen LogP contribution in [0, 0.1) is 20.8 Å². The number of carbonyl (C=O) groups is 1. The molecular formula is C25H27N3O3S. The van der Waals surface area contributed by atoms with Gasteiger partial charge in [-0.15, -0.1) is 11.8 Å². The van der Waals surface area contributed by atoms with Gasteiger partial charge in [0.15, 0.2) is 5.75 Å². The molecule has 6 nitrogen and oxygen atoms in total. The second-order valence-corrected chi connectivity index (χ2v) is 9.13. The molecule has 1 aliphatic heterocycles. The molecular weight excluding hydrogens is 422 g/mol. The standard InChI is InChI=1S/C25H27N3O3S/c1-14-8-10-18(11-9-14)27-23(29)20-13-32-25-22(31-4)19(21(26)24(30)28(20)25)12-17-7-5-6-15(2)16(17)3/h5-11,20H,12-13,26H2,1-4H3,(H,27,29)/t20-/m0/s1. The topological polar surface area (TPSA) is 86.3 Å². The van der Waals surface area contributed by atoms with E-state index in [9.17, 15) is 9.59 Å². The average Bonchev–Trinajstić information content (AvgIpc) is 3.22. The van der Waals surface area contributed by atoms with Crippen molar-refractivity contribution in [2.75, 3.05) is 23.9 Å². The number of anilines is 2. The number of nitrogens with two attached hydrogens (primary N) is 1. The summed E-state index contributed by atoms with van der Waals surface area (Å²) in [6, 6.07) is 13.0. The smallest absolute Gasteiger partial charge is 0.275 e. The Morgan fingerprint density at radius 2 is 1.91 bits per heavy atom. The van der Waals surface area contributed by atoms with E-state index in [1.165, 1.54) is 21.9 Å². The number of aromatic nitrogens is 1. The predicted molar refractivity (Wildman–Crippen MR) is 130 cm³/mol. The number of ether oxygens (including phenoxy) is 1. The number of thioether (sulfide) groups is 1. The van der Waals surface area contributed by atoms with Crippen molar-refractivity contribution in [3.8, 4) is 5.75 Å². The molecule has 3 aromatic rings. The van der Waals surface area contributed by atoms with Gasteiger partial charge in [-0.1, -0.05) is 35.9 Å². The highest BCUT2D eigenvalue weighted by molar-refractivity contribution is 7.99. The maximum Gasteiger partial charge on any atom is 0.275 e. The van der Waals surface area contributed by atoms with Gasteiger partial charge >= 0.3 is 0 Å². The van der Waals surface area contributed by atoms with Crippen molar-refractivity contribution in [3.05, 3.63) is 80.6 Å². The molecule has 0 saturated carbocycles. The Balaban J connectivity index is 1.72. The van der Waals surface area contributed by atoms with E-state index in [-0.39, 0.29) is 17.2 Å². The van der Waals surface area contributed by atoms with Gasteiger partial charge < -0.3 is 15.8 Å². The van der Waals surface area contributed by atoms with Crippen molar-refractivity contribution in [1.29, 1.82) is 0 Å². The first kappa shape index (κ1) is 22.0. The van der Waals surface area contributed by atoms with Crippen molar-refractivity contribution >= 4 is 29.0 Å². The fourth-order valence-corrected chi connectivity index (χ4v) is 5.30. The molecule has 32 heavy (non-hydrogen) atoms. The lowest BCUT2D eigenvalue weighted by atomic mass is 9.96. The minimum Gasteiger partial charge on any atom is -0.494 e. The normalized spacial score (nSPS) is 14.8. The molecule has 1 aliphatic rings. The first-order chi connectivity index (χ1) is 15.3. The summed E-state index contributed by atoms with van der Waals surface area (Å²) >= 11 is 1.45. The van der Waals surface area contributed by atoms with Crippen LogP contribution in [0.15, 0.2) is 52.3 Å². The van der Waals surface area contributed by atoms with Crippen LogP contribution in [0.3, 0.4) is 0 Å². The number of aryl methyl sites for hydroxylation is 2. The molecule has 1 atom stereocenters. The second-order valence-electron chi connectivity index (χ2n) is 8.12. The summed E-state index contributed by atoms with van der Waals surface area (Å²) in [7, 11) is 1.58. The van der Waals surface area contributed by atoms with E-state index in [0.29, 0.717) is 34.2 Å². The number of hydrogen-bond acceptors (Lipinski definition) is 5. The molecule has 0 spiro atoms. The minimum absolute atomic E-state index is 0.127. The number of nitrogen functional groups attached to an aromatic ring is 1. The third kappa shape index (κ3) is 3.88. The van der Waals surface area contributed by atoms with Crippen molar-refractivity contribution in [1.82, 2.24) is 4.57 Å². The Kier molecular flexibility index (Phi) is 6.02. The molecule has 7 heteroatoms. The van der Waals surface area contributed by atoms with Crippen LogP contribution in [-0.4, -0.2) is 23.3 Å². The number of pyridine rings is 1. The average molecular weight is 450 g/mol. The highest BCUT2D eigenvalue weighted by Crippen LogP contribution is 2.42. The monoisotopic (exact) mass is 449 g/mol. The summed E-state index contributed by atoms with van der Waals surface area (Å²) in [5, 5.41) is 3.56. The third-order valence-electron chi connectivity index (χ3n) is 6.06. The summed E-state index contributed by atoms with van der Waals surface area (Å²) in [5.74, 6) is 0.764. The first-order valence-electron chi connectivity index (χ1n) is 10.5. The lowest BCUT2D eigenvalue weighted by molar-refractivity contribution is -0.118. The summed E-state index contributed by atoms with van der Waals surface area (Å²) in [6.07, 6.45) is 0.492. The van der Waals surface area contributed by atoms with E-state index in [1.54, 1.807) is 7.11 Å². The Bertz CT molecular complexity index is 1250. The van der Waals surface area contributed by atoms with Crippen molar-refractivity contribution in [3.63, 3.8) is 0 Å². The van der Waals surface area contributed by atoms with E-state index in [0.717, 1.165) is 16.7 Å². The maximum atomic E-state index is 13.3. The number of amides is 1. The Morgan fingerprint density at radius 3 is 2.59 bits per heavy atom. The van der Waals surface area contributed by atoms with Gasteiger partial charge in [0.1, 0.15) is 16.8 Å². The first-order valence-corrected chi connectivity index (χ1v) is 11.5. The highest BCUT2D eigenvalue weighted by atomic mass is 32.2. The molecule has 4 rings (SSSR count). The largest absolute Gasteiger partial charge is 0.494 e. The fourth-order valence-electron chi connectivity index (χ4n) is 4.00. The molecule has 1 amide bonds. The molecule has 0 saturated heterocycles. The van der Waals surface area contributed by atoms with Crippen LogP contribution < -0.4 is 21.3 Å². The molecule has 0 unspecified atom stereocenters. The molecule has 3 N–H and O–H groups in total. The quantitative estimate of drug-likeness (QED) is 0.608. The molecule has 2 aromatic carbocycles. The summed E-state index contributed by atoms with van der Waals surface area (Å²) in [6.45, 7) is 6.11. The van der Waals surface area contributed by atoms with Gasteiger partial charge in [-0.05, 0) is 49.6 Å². The van der Waals surface area contributed by atoms with Crippen LogP contribution in [-0.2, 0) is 11.2 Å². The molecule has 0 bridgehead atoms. The molecule has 0 fully saturated rings. The third-order valence-corrected chi connectivity index (χ3v) is 7.20. The number of nitrogens with zero attached hydrogens (tertiary/aromatic N) is 1. The van der Waals surface area contributed by atoms with Gasteiger partial charge in [-0.25, -0.2) is 0 Å². The van der Waals surface area contributed by atoms with E-state index < -0.39 is 6.04 Å². The van der Waals surface area contributed by atoms with E-state index in [4.69, 9.17) is 10.5 Å². The number of hydrogen-bond donors (Lipinski definition) is 2. The highest BCUT2D eigenvalue weighted by Gasteiger charge is 2.35. The van der Waals surface area contributed by atoms with Gasteiger partial charge in [0.2, 0.25) is 5.91 Å². The molecule has 166 valence electrons.